The molecular formula is C9H16O. The summed E-state index contributed by atoms with van der Waals surface area (Å²) < 4.78 is 0. The lowest BCUT2D eigenvalue weighted by atomic mass is 9.93. The molecule has 10 heavy (non-hydrogen) atoms. The lowest BCUT2D eigenvalue weighted by Gasteiger charge is -2.24. The molecule has 0 spiro atoms. The molecule has 0 unspecified atom stereocenters. The van der Waals surface area contributed by atoms with Gasteiger partial charge in [-0.25, -0.2) is 0 Å². The van der Waals surface area contributed by atoms with E-state index < -0.39 is 0 Å². The number of hydrogen-bond donors (Lipinski definition) is 1. The van der Waals surface area contributed by atoms with Crippen molar-refractivity contribution < 1.29 is 5.11 Å². The van der Waals surface area contributed by atoms with Crippen LogP contribution in [0.25, 0.3) is 0 Å². The third-order valence-electron chi connectivity index (χ3n) is 3.31. The first-order valence-corrected chi connectivity index (χ1v) is 4.54. The van der Waals surface area contributed by atoms with Gasteiger partial charge in [-0.05, 0) is 37.5 Å². The summed E-state index contributed by atoms with van der Waals surface area (Å²) in [6.07, 6.45) is 7.79. The van der Waals surface area contributed by atoms with Gasteiger partial charge in [0.1, 0.15) is 0 Å². The second-order valence-corrected chi connectivity index (χ2v) is 3.93. The predicted octanol–water partition coefficient (Wildman–Crippen LogP) is 1.95. The summed E-state index contributed by atoms with van der Waals surface area (Å²) >= 11 is 0. The average molecular weight is 141 g/mol. The Morgan fingerprint density at radius 1 is 0.800 bits per heavy atom. The minimum absolute atomic E-state index is 0.0486. The summed E-state index contributed by atoms with van der Waals surface area (Å²) in [5, 5.41) is 9.58. The van der Waals surface area contributed by atoms with E-state index in [0.717, 1.165) is 12.3 Å². The van der Waals surface area contributed by atoms with Crippen LogP contribution >= 0.6 is 0 Å². The quantitative estimate of drug-likeness (QED) is 0.511. The topological polar surface area (TPSA) is 20.2 Å². The van der Waals surface area contributed by atoms with Gasteiger partial charge in [0.05, 0.1) is 6.10 Å². The van der Waals surface area contributed by atoms with Crippen molar-refractivity contribution in [1.82, 2.24) is 0 Å². The average Bonchev–Trinajstić information content (AvgIpc) is 2.24. The molecule has 2 bridgehead atoms. The van der Waals surface area contributed by atoms with Crippen LogP contribution in [0.4, 0.5) is 0 Å². The van der Waals surface area contributed by atoms with Gasteiger partial charge in [-0.1, -0.05) is 12.8 Å². The zero-order chi connectivity index (χ0) is 6.97. The third-order valence-corrected chi connectivity index (χ3v) is 3.31. The van der Waals surface area contributed by atoms with Crippen molar-refractivity contribution in [3.05, 3.63) is 0 Å². The van der Waals surface area contributed by atoms with Gasteiger partial charge in [0.15, 0.2) is 0 Å². The normalized spacial score (nSPS) is 47.1. The molecule has 0 amide bonds. The molecule has 3 rings (SSSR count). The van der Waals surface area contributed by atoms with E-state index >= 15 is 0 Å². The molecule has 0 radical (unpaired) electrons. The van der Waals surface area contributed by atoms with Crippen molar-refractivity contribution >= 4 is 0 Å². The van der Waals surface area contributed by atoms with Gasteiger partial charge in [0.2, 0.25) is 0 Å². The summed E-state index contributed by atoms with van der Waals surface area (Å²) in [4.78, 5) is 0. The molecule has 0 aromatic heterocycles. The predicted molar refractivity (Wildman–Crippen MR) is 40.7 cm³/mol. The SMILES string of the molecule is O[C@H]1CCC2CC[13CH]1CC2. The maximum atomic E-state index is 9.58. The minimum Gasteiger partial charge on any atom is -0.393 e. The highest BCUT2D eigenvalue weighted by Gasteiger charge is 2.30. The fourth-order valence-electron chi connectivity index (χ4n) is 2.50. The monoisotopic (exact) mass is 141 g/mol. The van der Waals surface area contributed by atoms with Crippen LogP contribution in [0.2, 0.25) is 0 Å². The number of rotatable bonds is 0. The van der Waals surface area contributed by atoms with Gasteiger partial charge >= 0.3 is 0 Å². The van der Waals surface area contributed by atoms with Crippen LogP contribution in [-0.2, 0) is 0 Å². The van der Waals surface area contributed by atoms with Gasteiger partial charge in [-0.15, -0.1) is 0 Å². The highest BCUT2D eigenvalue weighted by molar-refractivity contribution is 4.82. The molecular weight excluding hydrogens is 125 g/mol. The molecule has 58 valence electrons. The summed E-state index contributed by atoms with van der Waals surface area (Å²) in [5.41, 5.74) is 0. The fraction of sp³-hybridized carbons (Fsp3) is 1.00. The summed E-state index contributed by atoms with van der Waals surface area (Å²) in [7, 11) is 0. The molecule has 3 fully saturated rings. The lowest BCUT2D eigenvalue weighted by molar-refractivity contribution is 0.0953. The molecule has 3 aliphatic rings. The van der Waals surface area contributed by atoms with Crippen LogP contribution in [0.1, 0.15) is 38.5 Å². The van der Waals surface area contributed by atoms with Gasteiger partial charge in [-0.3, -0.25) is 0 Å². The van der Waals surface area contributed by atoms with E-state index in [-0.39, 0.29) is 6.10 Å². The van der Waals surface area contributed by atoms with Crippen LogP contribution in [0.15, 0.2) is 0 Å². The van der Waals surface area contributed by atoms with Crippen molar-refractivity contribution in [2.75, 3.05) is 0 Å². The van der Waals surface area contributed by atoms with Gasteiger partial charge < -0.3 is 5.11 Å². The summed E-state index contributed by atoms with van der Waals surface area (Å²) in [6, 6.07) is 0. The lowest BCUT2D eigenvalue weighted by Crippen LogP contribution is -2.19. The smallest absolute Gasteiger partial charge is 0.0568 e. The van der Waals surface area contributed by atoms with Crippen LogP contribution < -0.4 is 0 Å². The van der Waals surface area contributed by atoms with E-state index in [0.29, 0.717) is 5.92 Å². The van der Waals surface area contributed by atoms with E-state index in [1.54, 1.807) is 0 Å². The maximum Gasteiger partial charge on any atom is 0.0568 e. The number of aliphatic hydroxyl groups excluding tert-OH is 1. The van der Waals surface area contributed by atoms with Crippen LogP contribution in [0.3, 0.4) is 0 Å². The Bertz CT molecular complexity index is 114. The van der Waals surface area contributed by atoms with E-state index in [1.807, 2.05) is 0 Å². The zero-order valence-corrected chi connectivity index (χ0v) is 6.42. The number of aliphatic hydroxyl groups is 1. The molecule has 0 aliphatic heterocycles. The first-order valence-electron chi connectivity index (χ1n) is 4.54. The Hall–Kier alpha value is -0.0400. The molecule has 0 aromatic rings. The molecule has 3 saturated carbocycles. The summed E-state index contributed by atoms with van der Waals surface area (Å²) in [6.45, 7) is 0. The first-order chi connectivity index (χ1) is 4.86. The fourth-order valence-corrected chi connectivity index (χ4v) is 2.50. The Balaban J connectivity index is 2.07. The Kier molecular flexibility index (Phi) is 1.69. The highest BCUT2D eigenvalue weighted by atomic mass is 16.3. The van der Waals surface area contributed by atoms with Crippen LogP contribution in [0, 0.1) is 11.8 Å². The number of hydrogen-bond acceptors (Lipinski definition) is 1. The molecule has 1 nitrogen and oxygen atoms in total. The van der Waals surface area contributed by atoms with Gasteiger partial charge in [0.25, 0.3) is 0 Å². The molecule has 1 heteroatoms. The van der Waals surface area contributed by atoms with Crippen molar-refractivity contribution in [1.29, 1.82) is 0 Å². The highest BCUT2D eigenvalue weighted by Crippen LogP contribution is 2.38. The Morgan fingerprint density at radius 3 is 2.10 bits per heavy atom. The van der Waals surface area contributed by atoms with Crippen LogP contribution in [-0.4, -0.2) is 11.2 Å². The third kappa shape index (κ3) is 1.07. The molecule has 0 aromatic carbocycles. The molecule has 0 heterocycles. The number of fused-ring (bicyclic) bond motifs is 4. The van der Waals surface area contributed by atoms with Crippen molar-refractivity contribution in [2.24, 2.45) is 11.8 Å². The molecule has 1 N–H and O–H groups in total. The maximum absolute atomic E-state index is 9.58. The molecule has 0 saturated heterocycles. The second kappa shape index (κ2) is 2.54. The largest absolute Gasteiger partial charge is 0.393 e. The zero-order valence-electron chi connectivity index (χ0n) is 6.42. The molecule has 1 atom stereocenters. The second-order valence-electron chi connectivity index (χ2n) is 3.93. The van der Waals surface area contributed by atoms with E-state index in [1.165, 1.54) is 32.1 Å². The molecule has 3 aliphatic carbocycles. The van der Waals surface area contributed by atoms with Crippen molar-refractivity contribution in [3.63, 3.8) is 0 Å². The minimum atomic E-state index is 0.0486. The van der Waals surface area contributed by atoms with E-state index in [4.69, 9.17) is 0 Å². The van der Waals surface area contributed by atoms with Gasteiger partial charge in [-0.2, -0.15) is 0 Å². The Morgan fingerprint density at radius 2 is 1.40 bits per heavy atom. The Labute approximate surface area is 62.4 Å². The van der Waals surface area contributed by atoms with Gasteiger partial charge in [0, 0.05) is 0 Å². The standard InChI is InChI=1S/C9H16O/c10-9-6-3-7-1-4-8(9)5-2-7/h7-10H,1-6H2/t7?,8?,9-/m0/s1/i8+1. The van der Waals surface area contributed by atoms with Crippen molar-refractivity contribution in [3.8, 4) is 0 Å². The summed E-state index contributed by atoms with van der Waals surface area (Å²) in [5.74, 6) is 1.63. The van der Waals surface area contributed by atoms with E-state index in [9.17, 15) is 5.11 Å². The van der Waals surface area contributed by atoms with Crippen molar-refractivity contribution in [2.45, 2.75) is 44.6 Å². The first kappa shape index (κ1) is 6.66. The van der Waals surface area contributed by atoms with E-state index in [2.05, 4.69) is 0 Å². The van der Waals surface area contributed by atoms with Crippen LogP contribution in [0.5, 0.6) is 0 Å².